The second-order valence-corrected chi connectivity index (χ2v) is 9.26. The molecule has 2 rings (SSSR count). The van der Waals surface area contributed by atoms with Crippen molar-refractivity contribution in [2.45, 2.75) is 17.2 Å². The number of halogens is 6. The van der Waals surface area contributed by atoms with E-state index in [1.807, 2.05) is 0 Å². The molecule has 0 fully saturated rings. The van der Waals surface area contributed by atoms with Crippen LogP contribution in [0.2, 0.25) is 0 Å². The molecular weight excluding hydrogens is 464 g/mol. The van der Waals surface area contributed by atoms with E-state index in [0.717, 1.165) is 10.4 Å². The van der Waals surface area contributed by atoms with Crippen LogP contribution in [0.3, 0.4) is 0 Å². The Balaban J connectivity index is 2.59. The smallest absolute Gasteiger partial charge is 0.376 e. The molecule has 2 aromatic carbocycles. The third-order valence-electron chi connectivity index (χ3n) is 4.33. The molecular formula is C19H19F6N3O3S. The molecule has 0 aliphatic carbocycles. The molecule has 0 saturated heterocycles. The van der Waals surface area contributed by atoms with E-state index in [1.165, 1.54) is 31.1 Å². The number of hydrogen-bond acceptors (Lipinski definition) is 4. The van der Waals surface area contributed by atoms with Gasteiger partial charge in [0.05, 0.1) is 27.4 Å². The summed E-state index contributed by atoms with van der Waals surface area (Å²) >= 11 is 0. The van der Waals surface area contributed by atoms with Gasteiger partial charge in [-0.05, 0) is 36.4 Å². The summed E-state index contributed by atoms with van der Waals surface area (Å²) in [5.41, 5.74) is -4.02. The van der Waals surface area contributed by atoms with Crippen molar-refractivity contribution < 1.29 is 39.6 Å². The molecule has 0 saturated carbocycles. The number of anilines is 2. The number of carbonyl (C=O) groups excluding carboxylic acids is 1. The molecule has 0 aromatic heterocycles. The molecule has 0 heterocycles. The van der Waals surface area contributed by atoms with E-state index in [2.05, 4.69) is 5.32 Å². The lowest BCUT2D eigenvalue weighted by Crippen LogP contribution is -2.23. The lowest BCUT2D eigenvalue weighted by molar-refractivity contribution is -0.143. The van der Waals surface area contributed by atoms with E-state index in [1.54, 1.807) is 14.1 Å². The Bertz CT molecular complexity index is 1090. The van der Waals surface area contributed by atoms with Crippen molar-refractivity contribution in [3.05, 3.63) is 53.1 Å². The molecule has 0 unspecified atom stereocenters. The maximum absolute atomic E-state index is 13.1. The van der Waals surface area contributed by atoms with Gasteiger partial charge in [-0.2, -0.15) is 26.3 Å². The first-order chi connectivity index (χ1) is 14.4. The van der Waals surface area contributed by atoms with Crippen LogP contribution in [0.4, 0.5) is 37.7 Å². The lowest BCUT2D eigenvalue weighted by atomic mass is 10.0. The molecule has 32 heavy (non-hydrogen) atoms. The monoisotopic (exact) mass is 483 g/mol. The number of hydrogen-bond donors (Lipinski definition) is 1. The van der Waals surface area contributed by atoms with E-state index in [0.29, 0.717) is 12.1 Å². The predicted octanol–water partition coefficient (Wildman–Crippen LogP) is 4.29. The van der Waals surface area contributed by atoms with Gasteiger partial charge in [-0.25, -0.2) is 12.7 Å². The highest BCUT2D eigenvalue weighted by atomic mass is 32.2. The first-order valence-electron chi connectivity index (χ1n) is 8.79. The van der Waals surface area contributed by atoms with E-state index in [9.17, 15) is 39.6 Å². The number of alkyl halides is 6. The minimum absolute atomic E-state index is 0.0910. The third kappa shape index (κ3) is 5.51. The zero-order valence-electron chi connectivity index (χ0n) is 17.3. The molecule has 0 atom stereocenters. The maximum atomic E-state index is 13.1. The van der Waals surface area contributed by atoms with Gasteiger partial charge < -0.3 is 10.2 Å². The van der Waals surface area contributed by atoms with Crippen LogP contribution in [0.25, 0.3) is 0 Å². The molecule has 0 spiro atoms. The van der Waals surface area contributed by atoms with Crippen LogP contribution in [0, 0.1) is 0 Å². The molecule has 0 aliphatic heterocycles. The Hall–Kier alpha value is -2.80. The minimum atomic E-state index is -5.12. The van der Waals surface area contributed by atoms with Crippen molar-refractivity contribution in [2.24, 2.45) is 0 Å². The normalized spacial score (nSPS) is 12.7. The summed E-state index contributed by atoms with van der Waals surface area (Å²) in [7, 11) is 1.72. The highest BCUT2D eigenvalue weighted by Crippen LogP contribution is 2.37. The van der Waals surface area contributed by atoms with E-state index < -0.39 is 45.0 Å². The zero-order valence-corrected chi connectivity index (χ0v) is 18.1. The molecule has 13 heteroatoms. The largest absolute Gasteiger partial charge is 0.416 e. The molecule has 1 N–H and O–H groups in total. The van der Waals surface area contributed by atoms with Gasteiger partial charge >= 0.3 is 12.4 Å². The van der Waals surface area contributed by atoms with Crippen LogP contribution in [-0.4, -0.2) is 46.8 Å². The van der Waals surface area contributed by atoms with Gasteiger partial charge in [0.1, 0.15) is 0 Å². The SMILES string of the molecule is CN(C)c1ccc(S(=O)(=O)N(C)C)cc1NC(=O)c1cc(C(F)(F)F)cc(C(F)(F)F)c1. The first kappa shape index (κ1) is 25.5. The van der Waals surface area contributed by atoms with Crippen molar-refractivity contribution in [1.82, 2.24) is 4.31 Å². The fourth-order valence-electron chi connectivity index (χ4n) is 2.66. The zero-order chi connectivity index (χ0) is 24.6. The maximum Gasteiger partial charge on any atom is 0.416 e. The van der Waals surface area contributed by atoms with Gasteiger partial charge in [-0.1, -0.05) is 0 Å². The standard InChI is InChI=1S/C19H19F6N3O3S/c1-27(2)16-6-5-14(32(30,31)28(3)4)10-15(16)26-17(29)11-7-12(18(20,21)22)9-13(8-11)19(23,24)25/h5-10H,1-4H3,(H,26,29). The number of carbonyl (C=O) groups is 1. The highest BCUT2D eigenvalue weighted by molar-refractivity contribution is 7.89. The second-order valence-electron chi connectivity index (χ2n) is 7.11. The van der Waals surface area contributed by atoms with Gasteiger partial charge in [0.15, 0.2) is 0 Å². The van der Waals surface area contributed by atoms with Crippen LogP contribution in [0.15, 0.2) is 41.3 Å². The summed E-state index contributed by atoms with van der Waals surface area (Å²) in [6.07, 6.45) is -10.2. The summed E-state index contributed by atoms with van der Waals surface area (Å²) in [6, 6.07) is 4.17. The van der Waals surface area contributed by atoms with Crippen LogP contribution in [-0.2, 0) is 22.4 Å². The van der Waals surface area contributed by atoms with Crippen molar-refractivity contribution >= 4 is 27.3 Å². The Labute approximate surface area is 180 Å². The number of benzene rings is 2. The average molecular weight is 483 g/mol. The Morgan fingerprint density at radius 1 is 0.844 bits per heavy atom. The van der Waals surface area contributed by atoms with Gasteiger partial charge in [0, 0.05) is 33.8 Å². The summed E-state index contributed by atoms with van der Waals surface area (Å²) in [6.45, 7) is 0. The van der Waals surface area contributed by atoms with E-state index >= 15 is 0 Å². The minimum Gasteiger partial charge on any atom is -0.376 e. The number of amides is 1. The van der Waals surface area contributed by atoms with E-state index in [4.69, 9.17) is 0 Å². The third-order valence-corrected chi connectivity index (χ3v) is 6.14. The van der Waals surface area contributed by atoms with Gasteiger partial charge in [0.2, 0.25) is 10.0 Å². The summed E-state index contributed by atoms with van der Waals surface area (Å²) in [5.74, 6) is -1.27. The number of nitrogens with one attached hydrogen (secondary N) is 1. The number of sulfonamides is 1. The fraction of sp³-hybridized carbons (Fsp3) is 0.316. The molecule has 1 amide bonds. The van der Waals surface area contributed by atoms with Crippen LogP contribution < -0.4 is 10.2 Å². The fourth-order valence-corrected chi connectivity index (χ4v) is 3.59. The quantitative estimate of drug-likeness (QED) is 0.645. The summed E-state index contributed by atoms with van der Waals surface area (Å²) < 4.78 is 104. The molecule has 6 nitrogen and oxygen atoms in total. The molecule has 0 aliphatic rings. The first-order valence-corrected chi connectivity index (χ1v) is 10.2. The van der Waals surface area contributed by atoms with Gasteiger partial charge in [-0.3, -0.25) is 4.79 Å². The second kappa shape index (κ2) is 8.62. The van der Waals surface area contributed by atoms with Crippen LogP contribution in [0.1, 0.15) is 21.5 Å². The average Bonchev–Trinajstić information content (AvgIpc) is 2.65. The molecule has 176 valence electrons. The van der Waals surface area contributed by atoms with Crippen molar-refractivity contribution in [1.29, 1.82) is 0 Å². The Morgan fingerprint density at radius 3 is 1.75 bits per heavy atom. The van der Waals surface area contributed by atoms with Crippen molar-refractivity contribution in [3.8, 4) is 0 Å². The lowest BCUT2D eigenvalue weighted by Gasteiger charge is -2.20. The number of nitrogens with zero attached hydrogens (tertiary/aromatic N) is 2. The molecule has 0 radical (unpaired) electrons. The van der Waals surface area contributed by atoms with Crippen LogP contribution >= 0.6 is 0 Å². The molecule has 2 aromatic rings. The summed E-state index contributed by atoms with van der Waals surface area (Å²) in [5, 5.41) is 2.22. The van der Waals surface area contributed by atoms with E-state index in [-0.39, 0.29) is 22.3 Å². The van der Waals surface area contributed by atoms with Crippen molar-refractivity contribution in [2.75, 3.05) is 38.4 Å². The number of rotatable bonds is 5. The van der Waals surface area contributed by atoms with Gasteiger partial charge in [-0.15, -0.1) is 0 Å². The predicted molar refractivity (Wildman–Crippen MR) is 106 cm³/mol. The summed E-state index contributed by atoms with van der Waals surface area (Å²) in [4.78, 5) is 13.9. The topological polar surface area (TPSA) is 69.7 Å². The molecule has 0 bridgehead atoms. The Kier molecular flexibility index (Phi) is 6.86. The van der Waals surface area contributed by atoms with Crippen molar-refractivity contribution in [3.63, 3.8) is 0 Å². The Morgan fingerprint density at radius 2 is 1.34 bits per heavy atom. The highest BCUT2D eigenvalue weighted by Gasteiger charge is 2.37. The van der Waals surface area contributed by atoms with Crippen LogP contribution in [0.5, 0.6) is 0 Å². The van der Waals surface area contributed by atoms with Gasteiger partial charge in [0.25, 0.3) is 5.91 Å².